The van der Waals surface area contributed by atoms with Gasteiger partial charge in [0.05, 0.1) is 6.61 Å². The second-order valence-corrected chi connectivity index (χ2v) is 5.78. The zero-order valence-electron chi connectivity index (χ0n) is 11.7. The summed E-state index contributed by atoms with van der Waals surface area (Å²) in [5.74, 6) is 1.44. The fourth-order valence-corrected chi connectivity index (χ4v) is 3.31. The van der Waals surface area contributed by atoms with E-state index in [9.17, 15) is 4.79 Å². The molecule has 1 heterocycles. The van der Waals surface area contributed by atoms with E-state index in [-0.39, 0.29) is 11.9 Å². The Kier molecular flexibility index (Phi) is 3.92. The van der Waals surface area contributed by atoms with E-state index in [1.165, 1.54) is 25.7 Å². The van der Waals surface area contributed by atoms with Gasteiger partial charge in [-0.1, -0.05) is 12.8 Å². The Morgan fingerprint density at radius 1 is 1.40 bits per heavy atom. The van der Waals surface area contributed by atoms with Gasteiger partial charge in [0.25, 0.3) is 5.91 Å². The molecule has 0 spiro atoms. The molecule has 4 heteroatoms. The zero-order valence-corrected chi connectivity index (χ0v) is 11.7. The van der Waals surface area contributed by atoms with Crippen molar-refractivity contribution in [3.05, 3.63) is 29.3 Å². The van der Waals surface area contributed by atoms with Crippen LogP contribution in [0.4, 0.5) is 0 Å². The van der Waals surface area contributed by atoms with Crippen LogP contribution in [0.2, 0.25) is 0 Å². The van der Waals surface area contributed by atoms with Crippen molar-refractivity contribution >= 4 is 5.91 Å². The van der Waals surface area contributed by atoms with Gasteiger partial charge in [0.2, 0.25) is 0 Å². The number of nitrogens with one attached hydrogen (secondary N) is 1. The number of benzene rings is 1. The van der Waals surface area contributed by atoms with Crippen LogP contribution in [-0.2, 0) is 6.42 Å². The highest BCUT2D eigenvalue weighted by Crippen LogP contribution is 2.28. The lowest BCUT2D eigenvalue weighted by atomic mass is 9.97. The Balaban J connectivity index is 1.68. The predicted molar refractivity (Wildman–Crippen MR) is 77.9 cm³/mol. The molecule has 1 unspecified atom stereocenters. The van der Waals surface area contributed by atoms with Crippen LogP contribution >= 0.6 is 0 Å². The summed E-state index contributed by atoms with van der Waals surface area (Å²) in [4.78, 5) is 12.4. The number of carbonyl (C=O) groups excluding carboxylic acids is 1. The standard InChI is InChI=1S/C16H22N2O2/c17-10-14(11-3-1-2-4-11)18-16(19)13-5-6-15-12(9-13)7-8-20-15/h5-6,9,11,14H,1-4,7-8,10,17H2,(H,18,19). The molecular formula is C16H22N2O2. The maximum atomic E-state index is 12.4. The highest BCUT2D eigenvalue weighted by Gasteiger charge is 2.26. The summed E-state index contributed by atoms with van der Waals surface area (Å²) in [7, 11) is 0. The number of fused-ring (bicyclic) bond motifs is 1. The van der Waals surface area contributed by atoms with Crippen LogP contribution in [0.1, 0.15) is 41.6 Å². The van der Waals surface area contributed by atoms with Gasteiger partial charge in [0.1, 0.15) is 5.75 Å². The Bertz CT molecular complexity index is 495. The van der Waals surface area contributed by atoms with Gasteiger partial charge >= 0.3 is 0 Å². The van der Waals surface area contributed by atoms with E-state index in [0.717, 1.165) is 17.7 Å². The first-order valence-corrected chi connectivity index (χ1v) is 7.54. The minimum absolute atomic E-state index is 0.0120. The molecule has 4 nitrogen and oxygen atoms in total. The predicted octanol–water partition coefficient (Wildman–Crippen LogP) is 1.87. The van der Waals surface area contributed by atoms with Crippen molar-refractivity contribution in [2.24, 2.45) is 11.7 Å². The Labute approximate surface area is 119 Å². The number of rotatable bonds is 4. The van der Waals surface area contributed by atoms with Crippen LogP contribution in [0.3, 0.4) is 0 Å². The second kappa shape index (κ2) is 5.83. The van der Waals surface area contributed by atoms with E-state index < -0.39 is 0 Å². The highest BCUT2D eigenvalue weighted by atomic mass is 16.5. The van der Waals surface area contributed by atoms with Crippen LogP contribution in [-0.4, -0.2) is 25.1 Å². The summed E-state index contributed by atoms with van der Waals surface area (Å²) in [5.41, 5.74) is 7.68. The van der Waals surface area contributed by atoms with E-state index in [4.69, 9.17) is 10.5 Å². The maximum absolute atomic E-state index is 12.4. The quantitative estimate of drug-likeness (QED) is 0.881. The molecule has 1 fully saturated rings. The van der Waals surface area contributed by atoms with Gasteiger partial charge in [-0.05, 0) is 42.5 Å². The smallest absolute Gasteiger partial charge is 0.251 e. The van der Waals surface area contributed by atoms with Crippen molar-refractivity contribution in [3.8, 4) is 5.75 Å². The van der Waals surface area contributed by atoms with Gasteiger partial charge in [-0.2, -0.15) is 0 Å². The van der Waals surface area contributed by atoms with E-state index in [1.807, 2.05) is 18.2 Å². The normalized spacial score (nSPS) is 19.4. The van der Waals surface area contributed by atoms with Crippen LogP contribution in [0.25, 0.3) is 0 Å². The first-order valence-electron chi connectivity index (χ1n) is 7.54. The molecule has 3 rings (SSSR count). The molecule has 1 amide bonds. The van der Waals surface area contributed by atoms with Gasteiger partial charge in [0, 0.05) is 24.6 Å². The van der Waals surface area contributed by atoms with Gasteiger partial charge in [-0.3, -0.25) is 4.79 Å². The SMILES string of the molecule is NCC(NC(=O)c1ccc2c(c1)CCO2)C1CCCC1. The van der Waals surface area contributed by atoms with Gasteiger partial charge < -0.3 is 15.8 Å². The lowest BCUT2D eigenvalue weighted by molar-refractivity contribution is 0.0924. The molecule has 1 aromatic carbocycles. The molecule has 1 aromatic rings. The number of hydrogen-bond donors (Lipinski definition) is 2. The van der Waals surface area contributed by atoms with Crippen molar-refractivity contribution in [1.29, 1.82) is 0 Å². The molecule has 0 saturated heterocycles. The highest BCUT2D eigenvalue weighted by molar-refractivity contribution is 5.94. The first kappa shape index (κ1) is 13.4. The molecule has 108 valence electrons. The molecular weight excluding hydrogens is 252 g/mol. The molecule has 3 N–H and O–H groups in total. The monoisotopic (exact) mass is 274 g/mol. The molecule has 0 radical (unpaired) electrons. The Morgan fingerprint density at radius 2 is 2.20 bits per heavy atom. The molecule has 1 aliphatic heterocycles. The Hall–Kier alpha value is -1.55. The molecule has 2 aliphatic rings. The maximum Gasteiger partial charge on any atom is 0.251 e. The van der Waals surface area contributed by atoms with Crippen molar-refractivity contribution in [2.45, 2.75) is 38.1 Å². The summed E-state index contributed by atoms with van der Waals surface area (Å²) in [6, 6.07) is 5.78. The number of carbonyl (C=O) groups is 1. The van der Waals surface area contributed by atoms with Crippen LogP contribution in [0, 0.1) is 5.92 Å². The molecule has 1 saturated carbocycles. The van der Waals surface area contributed by atoms with Crippen molar-refractivity contribution < 1.29 is 9.53 Å². The lowest BCUT2D eigenvalue weighted by Crippen LogP contribution is -2.44. The number of nitrogens with two attached hydrogens (primary N) is 1. The molecule has 1 atom stereocenters. The van der Waals surface area contributed by atoms with Crippen molar-refractivity contribution in [1.82, 2.24) is 5.32 Å². The minimum atomic E-state index is -0.0120. The van der Waals surface area contributed by atoms with Gasteiger partial charge in [0.15, 0.2) is 0 Å². The van der Waals surface area contributed by atoms with Crippen LogP contribution in [0.5, 0.6) is 5.75 Å². The molecule has 1 aliphatic carbocycles. The largest absolute Gasteiger partial charge is 0.493 e. The summed E-state index contributed by atoms with van der Waals surface area (Å²) < 4.78 is 5.47. The fourth-order valence-electron chi connectivity index (χ4n) is 3.31. The lowest BCUT2D eigenvalue weighted by Gasteiger charge is -2.23. The van der Waals surface area contributed by atoms with Crippen LogP contribution in [0.15, 0.2) is 18.2 Å². The van der Waals surface area contributed by atoms with Crippen molar-refractivity contribution in [2.75, 3.05) is 13.2 Å². The summed E-state index contributed by atoms with van der Waals surface area (Å²) in [6.07, 6.45) is 5.76. The topological polar surface area (TPSA) is 64.3 Å². The minimum Gasteiger partial charge on any atom is -0.493 e. The summed E-state index contributed by atoms with van der Waals surface area (Å²) in [6.45, 7) is 1.23. The zero-order chi connectivity index (χ0) is 13.9. The van der Waals surface area contributed by atoms with Gasteiger partial charge in [-0.25, -0.2) is 0 Å². The van der Waals surface area contributed by atoms with E-state index in [0.29, 0.717) is 24.6 Å². The number of amides is 1. The van der Waals surface area contributed by atoms with E-state index >= 15 is 0 Å². The molecule has 20 heavy (non-hydrogen) atoms. The number of hydrogen-bond acceptors (Lipinski definition) is 3. The van der Waals surface area contributed by atoms with Crippen molar-refractivity contribution in [3.63, 3.8) is 0 Å². The fraction of sp³-hybridized carbons (Fsp3) is 0.562. The van der Waals surface area contributed by atoms with E-state index in [1.54, 1.807) is 0 Å². The first-order chi connectivity index (χ1) is 9.78. The average molecular weight is 274 g/mol. The average Bonchev–Trinajstić information content (AvgIpc) is 3.14. The second-order valence-electron chi connectivity index (χ2n) is 5.78. The summed E-state index contributed by atoms with van der Waals surface area (Å²) in [5, 5.41) is 3.11. The van der Waals surface area contributed by atoms with Gasteiger partial charge in [-0.15, -0.1) is 0 Å². The molecule has 0 bridgehead atoms. The molecule has 0 aromatic heterocycles. The third-order valence-corrected chi connectivity index (χ3v) is 4.49. The third-order valence-electron chi connectivity index (χ3n) is 4.49. The third kappa shape index (κ3) is 2.66. The Morgan fingerprint density at radius 3 is 2.95 bits per heavy atom. The summed E-state index contributed by atoms with van der Waals surface area (Å²) >= 11 is 0. The number of ether oxygens (including phenoxy) is 1. The van der Waals surface area contributed by atoms with E-state index in [2.05, 4.69) is 5.32 Å². The van der Waals surface area contributed by atoms with Crippen LogP contribution < -0.4 is 15.8 Å².